The van der Waals surface area contributed by atoms with Crippen molar-refractivity contribution in [2.75, 3.05) is 27.9 Å². The van der Waals surface area contributed by atoms with Gasteiger partial charge >= 0.3 is 0 Å². The molecule has 21 heavy (non-hydrogen) atoms. The van der Waals surface area contributed by atoms with Gasteiger partial charge < -0.3 is 19.1 Å². The van der Waals surface area contributed by atoms with Crippen LogP contribution in [-0.4, -0.2) is 44.7 Å². The van der Waals surface area contributed by atoms with Gasteiger partial charge in [-0.05, 0) is 31.4 Å². The number of nitrogens with zero attached hydrogens (tertiary/aromatic N) is 1. The van der Waals surface area contributed by atoms with Crippen LogP contribution in [-0.2, 0) is 0 Å². The van der Waals surface area contributed by atoms with Gasteiger partial charge in [-0.25, -0.2) is 0 Å². The lowest BCUT2D eigenvalue weighted by Gasteiger charge is -2.22. The second-order valence-corrected chi connectivity index (χ2v) is 5.56. The third-order valence-electron chi connectivity index (χ3n) is 3.96. The number of hydrogen-bond donors (Lipinski definition) is 0. The Morgan fingerprint density at radius 3 is 2.05 bits per heavy atom. The molecule has 1 aromatic carbocycles. The number of benzene rings is 1. The highest BCUT2D eigenvalue weighted by atomic mass is 16.5. The second kappa shape index (κ2) is 6.24. The fourth-order valence-corrected chi connectivity index (χ4v) is 2.95. The smallest absolute Gasteiger partial charge is 0.254 e. The molecule has 1 aliphatic heterocycles. The van der Waals surface area contributed by atoms with Crippen LogP contribution in [0.5, 0.6) is 17.2 Å². The minimum Gasteiger partial charge on any atom is -0.493 e. The van der Waals surface area contributed by atoms with Crippen molar-refractivity contribution in [2.24, 2.45) is 5.92 Å². The van der Waals surface area contributed by atoms with E-state index < -0.39 is 0 Å². The summed E-state index contributed by atoms with van der Waals surface area (Å²) < 4.78 is 15.9. The molecule has 1 saturated heterocycles. The third-order valence-corrected chi connectivity index (χ3v) is 3.96. The number of rotatable bonds is 4. The van der Waals surface area contributed by atoms with E-state index >= 15 is 0 Å². The average molecular weight is 293 g/mol. The first-order chi connectivity index (χ1) is 10.0. The van der Waals surface area contributed by atoms with Crippen molar-refractivity contribution in [3.63, 3.8) is 0 Å². The van der Waals surface area contributed by atoms with Crippen molar-refractivity contribution in [2.45, 2.75) is 26.3 Å². The molecule has 1 amide bonds. The van der Waals surface area contributed by atoms with Gasteiger partial charge in [-0.3, -0.25) is 4.79 Å². The summed E-state index contributed by atoms with van der Waals surface area (Å²) in [7, 11) is 4.64. The fourth-order valence-electron chi connectivity index (χ4n) is 2.95. The zero-order chi connectivity index (χ0) is 15.6. The van der Waals surface area contributed by atoms with E-state index in [4.69, 9.17) is 14.2 Å². The van der Waals surface area contributed by atoms with Gasteiger partial charge in [-0.2, -0.15) is 0 Å². The quantitative estimate of drug-likeness (QED) is 0.856. The second-order valence-electron chi connectivity index (χ2n) is 5.56. The maximum Gasteiger partial charge on any atom is 0.254 e. The van der Waals surface area contributed by atoms with Crippen molar-refractivity contribution in [3.8, 4) is 17.2 Å². The monoisotopic (exact) mass is 293 g/mol. The molecule has 2 atom stereocenters. The predicted octanol–water partition coefficient (Wildman–Crippen LogP) is 2.58. The Morgan fingerprint density at radius 2 is 1.67 bits per heavy atom. The van der Waals surface area contributed by atoms with E-state index in [-0.39, 0.29) is 11.9 Å². The Labute approximate surface area is 125 Å². The van der Waals surface area contributed by atoms with Crippen molar-refractivity contribution >= 4 is 5.91 Å². The van der Waals surface area contributed by atoms with Crippen LogP contribution in [0.2, 0.25) is 0 Å². The van der Waals surface area contributed by atoms with Gasteiger partial charge in [0.25, 0.3) is 5.91 Å². The molecule has 5 heteroatoms. The molecular weight excluding hydrogens is 270 g/mol. The van der Waals surface area contributed by atoms with E-state index in [1.165, 1.54) is 0 Å². The van der Waals surface area contributed by atoms with Crippen molar-refractivity contribution in [1.82, 2.24) is 4.90 Å². The van der Waals surface area contributed by atoms with E-state index in [1.807, 2.05) is 4.90 Å². The average Bonchev–Trinajstić information content (AvgIpc) is 2.83. The number of carbonyl (C=O) groups is 1. The van der Waals surface area contributed by atoms with Gasteiger partial charge in [0.15, 0.2) is 11.5 Å². The Bertz CT molecular complexity index is 504. The van der Waals surface area contributed by atoms with Gasteiger partial charge in [0.1, 0.15) is 0 Å². The number of methoxy groups -OCH3 is 3. The number of amides is 1. The van der Waals surface area contributed by atoms with Gasteiger partial charge in [0, 0.05) is 18.2 Å². The molecule has 0 unspecified atom stereocenters. The highest BCUT2D eigenvalue weighted by Crippen LogP contribution is 2.39. The Hall–Kier alpha value is -1.91. The van der Waals surface area contributed by atoms with Gasteiger partial charge in [-0.1, -0.05) is 6.92 Å². The van der Waals surface area contributed by atoms with Crippen LogP contribution in [0.25, 0.3) is 0 Å². The van der Waals surface area contributed by atoms with E-state index in [2.05, 4.69) is 13.8 Å². The Balaban J connectivity index is 2.37. The summed E-state index contributed by atoms with van der Waals surface area (Å²) in [6.07, 6.45) is 1.04. The summed E-state index contributed by atoms with van der Waals surface area (Å²) in [6.45, 7) is 5.04. The van der Waals surface area contributed by atoms with Crippen LogP contribution >= 0.6 is 0 Å². The van der Waals surface area contributed by atoms with Gasteiger partial charge in [0.05, 0.1) is 21.3 Å². The van der Waals surface area contributed by atoms with Gasteiger partial charge in [0.2, 0.25) is 5.75 Å². The summed E-state index contributed by atoms with van der Waals surface area (Å²) in [5.41, 5.74) is 0.561. The van der Waals surface area contributed by atoms with Crippen LogP contribution in [0.15, 0.2) is 12.1 Å². The highest BCUT2D eigenvalue weighted by molar-refractivity contribution is 5.96. The molecule has 0 spiro atoms. The Morgan fingerprint density at radius 1 is 1.10 bits per heavy atom. The first-order valence-electron chi connectivity index (χ1n) is 7.12. The zero-order valence-electron chi connectivity index (χ0n) is 13.3. The summed E-state index contributed by atoms with van der Waals surface area (Å²) in [5, 5.41) is 0. The molecule has 2 rings (SSSR count). The topological polar surface area (TPSA) is 48.0 Å². The number of ether oxygens (including phenoxy) is 3. The standard InChI is InChI=1S/C16H23NO4/c1-10-6-11(2)17(9-10)16(18)12-7-13(19-3)15(21-5)14(8-12)20-4/h7-8,10-11H,6,9H2,1-5H3/t10-,11+/m0/s1. The van der Waals surface area contributed by atoms with Crippen LogP contribution < -0.4 is 14.2 Å². The first-order valence-corrected chi connectivity index (χ1v) is 7.12. The molecule has 5 nitrogen and oxygen atoms in total. The lowest BCUT2D eigenvalue weighted by atomic mass is 10.1. The van der Waals surface area contributed by atoms with Crippen molar-refractivity contribution in [3.05, 3.63) is 17.7 Å². The lowest BCUT2D eigenvalue weighted by Crippen LogP contribution is -2.34. The minimum absolute atomic E-state index is 0.00565. The summed E-state index contributed by atoms with van der Waals surface area (Å²) in [5.74, 6) is 2.04. The van der Waals surface area contributed by atoms with E-state index in [0.29, 0.717) is 28.7 Å². The number of likely N-dealkylation sites (tertiary alicyclic amines) is 1. The predicted molar refractivity (Wildman–Crippen MR) is 80.4 cm³/mol. The summed E-state index contributed by atoms with van der Waals surface area (Å²) in [6, 6.07) is 3.67. The summed E-state index contributed by atoms with van der Waals surface area (Å²) in [4.78, 5) is 14.6. The van der Waals surface area contributed by atoms with E-state index in [0.717, 1.165) is 13.0 Å². The lowest BCUT2D eigenvalue weighted by molar-refractivity contribution is 0.0743. The minimum atomic E-state index is 0.00565. The highest BCUT2D eigenvalue weighted by Gasteiger charge is 2.31. The summed E-state index contributed by atoms with van der Waals surface area (Å²) >= 11 is 0. The normalized spacial score (nSPS) is 21.3. The SMILES string of the molecule is COc1cc(C(=O)N2C[C@@H](C)C[C@H]2C)cc(OC)c1OC. The maximum atomic E-state index is 12.7. The van der Waals surface area contributed by atoms with Crippen molar-refractivity contribution < 1.29 is 19.0 Å². The molecule has 1 aromatic rings. The van der Waals surface area contributed by atoms with Crippen molar-refractivity contribution in [1.29, 1.82) is 0 Å². The molecule has 1 heterocycles. The van der Waals surface area contributed by atoms with E-state index in [9.17, 15) is 4.79 Å². The molecule has 0 aliphatic carbocycles. The van der Waals surface area contributed by atoms with Crippen LogP contribution in [0, 0.1) is 5.92 Å². The van der Waals surface area contributed by atoms with Crippen LogP contribution in [0.3, 0.4) is 0 Å². The fraction of sp³-hybridized carbons (Fsp3) is 0.562. The third kappa shape index (κ3) is 2.91. The molecule has 0 bridgehead atoms. The molecule has 0 N–H and O–H groups in total. The number of hydrogen-bond acceptors (Lipinski definition) is 4. The Kier molecular flexibility index (Phi) is 4.60. The van der Waals surface area contributed by atoms with Crippen LogP contribution in [0.4, 0.5) is 0 Å². The molecule has 116 valence electrons. The molecule has 0 saturated carbocycles. The number of carbonyl (C=O) groups excluding carboxylic acids is 1. The molecular formula is C16H23NO4. The zero-order valence-corrected chi connectivity index (χ0v) is 13.3. The molecule has 0 radical (unpaired) electrons. The largest absolute Gasteiger partial charge is 0.493 e. The first kappa shape index (κ1) is 15.5. The van der Waals surface area contributed by atoms with Crippen LogP contribution in [0.1, 0.15) is 30.6 Å². The maximum absolute atomic E-state index is 12.7. The molecule has 1 fully saturated rings. The molecule has 1 aliphatic rings. The molecule has 0 aromatic heterocycles. The van der Waals surface area contributed by atoms with E-state index in [1.54, 1.807) is 33.5 Å². The van der Waals surface area contributed by atoms with Gasteiger partial charge in [-0.15, -0.1) is 0 Å².